The predicted octanol–water partition coefficient (Wildman–Crippen LogP) is 1.98. The quantitative estimate of drug-likeness (QED) is 0.721. The molecule has 1 heterocycles. The Morgan fingerprint density at radius 3 is 2.76 bits per heavy atom. The molecule has 0 unspecified atom stereocenters. The van der Waals surface area contributed by atoms with E-state index in [0.717, 1.165) is 0 Å². The van der Waals surface area contributed by atoms with Crippen molar-refractivity contribution in [3.63, 3.8) is 0 Å². The van der Waals surface area contributed by atoms with Crippen LogP contribution in [0.15, 0.2) is 4.42 Å². The number of ether oxygens (including phenoxy) is 2. The number of hydrogen-bond acceptors (Lipinski definition) is 5. The molecule has 0 bridgehead atoms. The minimum Gasteiger partial charge on any atom is -0.460 e. The number of aromatic nitrogens is 1. The summed E-state index contributed by atoms with van der Waals surface area (Å²) in [4.78, 5) is 14.9. The lowest BCUT2D eigenvalue weighted by atomic mass is 10.3. The van der Waals surface area contributed by atoms with Crippen molar-refractivity contribution in [2.45, 2.75) is 19.8 Å². The molecule has 96 valence electrons. The number of carbonyl (C=O) groups excluding carboxylic acids is 1. The van der Waals surface area contributed by atoms with Gasteiger partial charge in [0.2, 0.25) is 5.76 Å². The highest BCUT2D eigenvalue weighted by Crippen LogP contribution is 2.24. The van der Waals surface area contributed by atoms with E-state index in [1.165, 1.54) is 7.11 Å². The fourth-order valence-electron chi connectivity index (χ4n) is 1.17. The Morgan fingerprint density at radius 2 is 2.24 bits per heavy atom. The van der Waals surface area contributed by atoms with Crippen LogP contribution >= 0.6 is 0 Å². The van der Waals surface area contributed by atoms with E-state index in [1.54, 1.807) is 6.92 Å². The van der Waals surface area contributed by atoms with Crippen molar-refractivity contribution >= 4 is 5.97 Å². The molecular formula is C10H13F2NO4. The van der Waals surface area contributed by atoms with E-state index in [9.17, 15) is 13.6 Å². The summed E-state index contributed by atoms with van der Waals surface area (Å²) in [6.45, 7) is 1.92. The summed E-state index contributed by atoms with van der Waals surface area (Å²) in [6, 6.07) is 0. The maximum Gasteiger partial charge on any atom is 0.376 e. The molecular weight excluding hydrogens is 236 g/mol. The van der Waals surface area contributed by atoms with Crippen molar-refractivity contribution < 1.29 is 27.5 Å². The van der Waals surface area contributed by atoms with Crippen molar-refractivity contribution in [3.05, 3.63) is 17.3 Å². The highest BCUT2D eigenvalue weighted by Gasteiger charge is 2.27. The molecule has 0 spiro atoms. The summed E-state index contributed by atoms with van der Waals surface area (Å²) in [7, 11) is 1.46. The Bertz CT molecular complexity index is 378. The molecule has 0 N–H and O–H groups in total. The Hall–Kier alpha value is -1.50. The molecule has 0 atom stereocenters. The predicted molar refractivity (Wildman–Crippen MR) is 53.0 cm³/mol. The number of carbonyl (C=O) groups is 1. The maximum absolute atomic E-state index is 12.6. The van der Waals surface area contributed by atoms with Gasteiger partial charge in [-0.25, -0.2) is 18.6 Å². The number of nitrogens with zero attached hydrogens (tertiary/aromatic N) is 1. The Balaban J connectivity index is 2.92. The third-order valence-corrected chi connectivity index (χ3v) is 1.89. The molecule has 0 saturated carbocycles. The monoisotopic (exact) mass is 249 g/mol. The van der Waals surface area contributed by atoms with Gasteiger partial charge in [-0.05, 0) is 6.92 Å². The largest absolute Gasteiger partial charge is 0.460 e. The lowest BCUT2D eigenvalue weighted by molar-refractivity contribution is 0.0473. The van der Waals surface area contributed by atoms with E-state index in [1.807, 2.05) is 0 Å². The minimum atomic E-state index is -2.88. The molecule has 1 aromatic rings. The molecule has 0 aromatic carbocycles. The zero-order valence-electron chi connectivity index (χ0n) is 9.53. The van der Waals surface area contributed by atoms with Gasteiger partial charge < -0.3 is 13.9 Å². The van der Waals surface area contributed by atoms with Gasteiger partial charge >= 0.3 is 5.97 Å². The molecule has 17 heavy (non-hydrogen) atoms. The van der Waals surface area contributed by atoms with Gasteiger partial charge in [0.1, 0.15) is 0 Å². The van der Waals surface area contributed by atoms with Crippen LogP contribution in [0, 0.1) is 0 Å². The molecule has 1 rings (SSSR count). The summed E-state index contributed by atoms with van der Waals surface area (Å²) in [5.74, 6) is -1.43. The molecule has 1 aromatic heterocycles. The number of alkyl halides is 2. The maximum atomic E-state index is 12.6. The molecule has 5 nitrogen and oxygen atoms in total. The fourth-order valence-corrected chi connectivity index (χ4v) is 1.17. The molecule has 0 radical (unpaired) electrons. The van der Waals surface area contributed by atoms with E-state index < -0.39 is 23.8 Å². The zero-order chi connectivity index (χ0) is 12.8. The van der Waals surface area contributed by atoms with Crippen molar-refractivity contribution in [3.8, 4) is 0 Å². The Labute approximate surface area is 96.7 Å². The first-order valence-electron chi connectivity index (χ1n) is 5.04. The van der Waals surface area contributed by atoms with Crippen LogP contribution in [-0.2, 0) is 15.9 Å². The first-order chi connectivity index (χ1) is 8.10. The molecule has 0 aliphatic carbocycles. The second-order valence-corrected chi connectivity index (χ2v) is 3.09. The third-order valence-electron chi connectivity index (χ3n) is 1.89. The van der Waals surface area contributed by atoms with Crippen LogP contribution in [0.25, 0.3) is 0 Å². The standard InChI is InChI=1S/C10H13F2NO4/c1-3-16-10(14)8-7(9(11)12)13-6(17-8)4-5-15-2/h9H,3-5H2,1-2H3. The van der Waals surface area contributed by atoms with Crippen LogP contribution in [0.1, 0.15) is 35.5 Å². The van der Waals surface area contributed by atoms with Crippen LogP contribution in [0.4, 0.5) is 8.78 Å². The number of methoxy groups -OCH3 is 1. The summed E-state index contributed by atoms with van der Waals surface area (Å²) in [6.07, 6.45) is -2.66. The van der Waals surface area contributed by atoms with E-state index in [4.69, 9.17) is 9.15 Å². The highest BCUT2D eigenvalue weighted by atomic mass is 19.3. The number of halogens is 2. The van der Waals surface area contributed by atoms with Gasteiger partial charge in [0.15, 0.2) is 11.6 Å². The average Bonchev–Trinajstić information content (AvgIpc) is 2.71. The summed E-state index contributed by atoms with van der Waals surface area (Å²) >= 11 is 0. The van der Waals surface area contributed by atoms with Gasteiger partial charge in [-0.2, -0.15) is 0 Å². The van der Waals surface area contributed by atoms with Gasteiger partial charge in [0, 0.05) is 13.5 Å². The number of hydrogen-bond donors (Lipinski definition) is 0. The van der Waals surface area contributed by atoms with Gasteiger partial charge in [-0.1, -0.05) is 0 Å². The molecule has 0 aliphatic heterocycles. The highest BCUT2D eigenvalue weighted by molar-refractivity contribution is 5.87. The molecule has 7 heteroatoms. The van der Waals surface area contributed by atoms with Crippen LogP contribution in [0.5, 0.6) is 0 Å². The normalized spacial score (nSPS) is 10.9. The van der Waals surface area contributed by atoms with E-state index in [2.05, 4.69) is 9.72 Å². The van der Waals surface area contributed by atoms with Crippen LogP contribution in [-0.4, -0.2) is 31.3 Å². The Morgan fingerprint density at radius 1 is 1.53 bits per heavy atom. The first kappa shape index (κ1) is 13.6. The van der Waals surface area contributed by atoms with E-state index in [0.29, 0.717) is 0 Å². The number of esters is 1. The van der Waals surface area contributed by atoms with Crippen molar-refractivity contribution in [1.82, 2.24) is 4.98 Å². The summed E-state index contributed by atoms with van der Waals surface area (Å²) in [5.41, 5.74) is -0.686. The molecule has 0 amide bonds. The van der Waals surface area contributed by atoms with Crippen LogP contribution < -0.4 is 0 Å². The zero-order valence-corrected chi connectivity index (χ0v) is 9.53. The lowest BCUT2D eigenvalue weighted by Gasteiger charge is -1.99. The summed E-state index contributed by atoms with van der Waals surface area (Å²) < 4.78 is 39.5. The minimum absolute atomic E-state index is 0.0326. The van der Waals surface area contributed by atoms with Gasteiger partial charge in [0.05, 0.1) is 13.2 Å². The van der Waals surface area contributed by atoms with Crippen LogP contribution in [0.3, 0.4) is 0 Å². The van der Waals surface area contributed by atoms with Gasteiger partial charge in [-0.3, -0.25) is 0 Å². The SMILES string of the molecule is CCOC(=O)c1oc(CCOC)nc1C(F)F. The van der Waals surface area contributed by atoms with Crippen LogP contribution in [0.2, 0.25) is 0 Å². The van der Waals surface area contributed by atoms with Crippen molar-refractivity contribution in [2.75, 3.05) is 20.3 Å². The topological polar surface area (TPSA) is 61.6 Å². The average molecular weight is 249 g/mol. The summed E-state index contributed by atoms with van der Waals surface area (Å²) in [5, 5.41) is 0. The van der Waals surface area contributed by atoms with Gasteiger partial charge in [-0.15, -0.1) is 0 Å². The fraction of sp³-hybridized carbons (Fsp3) is 0.600. The van der Waals surface area contributed by atoms with Crippen molar-refractivity contribution in [2.24, 2.45) is 0 Å². The second kappa shape index (κ2) is 6.29. The first-order valence-corrected chi connectivity index (χ1v) is 5.04. The molecule has 0 aliphatic rings. The third kappa shape index (κ3) is 3.48. The number of rotatable bonds is 6. The van der Waals surface area contributed by atoms with E-state index in [-0.39, 0.29) is 25.5 Å². The van der Waals surface area contributed by atoms with E-state index >= 15 is 0 Å². The smallest absolute Gasteiger partial charge is 0.376 e. The number of oxazole rings is 1. The van der Waals surface area contributed by atoms with Gasteiger partial charge in [0.25, 0.3) is 6.43 Å². The van der Waals surface area contributed by atoms with Crippen molar-refractivity contribution in [1.29, 1.82) is 0 Å². The Kier molecular flexibility index (Phi) is 5.02. The second-order valence-electron chi connectivity index (χ2n) is 3.09. The molecule has 0 fully saturated rings. The molecule has 0 saturated heterocycles. The lowest BCUT2D eigenvalue weighted by Crippen LogP contribution is -2.06.